The monoisotopic (exact) mass is 177 g/mol. The third-order valence-corrected chi connectivity index (χ3v) is 1.68. The van der Waals surface area contributed by atoms with E-state index in [4.69, 9.17) is 5.73 Å². The molecule has 13 heavy (non-hydrogen) atoms. The third kappa shape index (κ3) is 2.89. The summed E-state index contributed by atoms with van der Waals surface area (Å²) in [6.07, 6.45) is 0.677. The van der Waals surface area contributed by atoms with Crippen LogP contribution >= 0.6 is 0 Å². The Morgan fingerprint density at radius 2 is 2.23 bits per heavy atom. The summed E-state index contributed by atoms with van der Waals surface area (Å²) in [5.41, 5.74) is 7.03. The molecule has 0 aliphatic carbocycles. The molecule has 0 saturated carbocycles. The van der Waals surface area contributed by atoms with Gasteiger partial charge in [0.25, 0.3) is 0 Å². The molecule has 1 aromatic rings. The summed E-state index contributed by atoms with van der Waals surface area (Å²) in [7, 11) is 0. The molecule has 0 aliphatic rings. The molecule has 0 aliphatic heterocycles. The first kappa shape index (κ1) is 9.76. The Bertz CT molecular complexity index is 347. The topological polar surface area (TPSA) is 26.0 Å². The van der Waals surface area contributed by atoms with Crippen molar-refractivity contribution in [3.8, 4) is 11.8 Å². The molecule has 0 heterocycles. The van der Waals surface area contributed by atoms with Crippen LogP contribution in [0.4, 0.5) is 4.39 Å². The van der Waals surface area contributed by atoms with Gasteiger partial charge in [0, 0.05) is 18.5 Å². The molecule has 0 radical (unpaired) electrons. The highest BCUT2D eigenvalue weighted by Gasteiger charge is 1.95. The number of rotatable bonds is 1. The summed E-state index contributed by atoms with van der Waals surface area (Å²) in [5, 5.41) is 0. The Hall–Kier alpha value is -1.33. The molecule has 1 nitrogen and oxygen atoms in total. The summed E-state index contributed by atoms with van der Waals surface area (Å²) in [6.45, 7) is 2.41. The highest BCUT2D eigenvalue weighted by molar-refractivity contribution is 5.40. The first-order valence-corrected chi connectivity index (χ1v) is 4.19. The van der Waals surface area contributed by atoms with Crippen LogP contribution in [0, 0.1) is 24.6 Å². The fraction of sp³-hybridized carbons (Fsp3) is 0.273. The van der Waals surface area contributed by atoms with Crippen molar-refractivity contribution in [2.75, 3.05) is 6.54 Å². The van der Waals surface area contributed by atoms with Crippen LogP contribution in [0.3, 0.4) is 0 Å². The van der Waals surface area contributed by atoms with E-state index in [9.17, 15) is 4.39 Å². The van der Waals surface area contributed by atoms with Gasteiger partial charge in [0.05, 0.1) is 0 Å². The van der Waals surface area contributed by atoms with Gasteiger partial charge in [0.15, 0.2) is 0 Å². The zero-order chi connectivity index (χ0) is 9.68. The second kappa shape index (κ2) is 4.64. The van der Waals surface area contributed by atoms with Gasteiger partial charge in [-0.15, -0.1) is 0 Å². The minimum atomic E-state index is -0.220. The van der Waals surface area contributed by atoms with Crippen LogP contribution in [-0.2, 0) is 0 Å². The molecule has 0 unspecified atom stereocenters. The first-order valence-electron chi connectivity index (χ1n) is 4.19. The van der Waals surface area contributed by atoms with Crippen LogP contribution in [-0.4, -0.2) is 6.54 Å². The van der Waals surface area contributed by atoms with E-state index in [1.54, 1.807) is 6.07 Å². The summed E-state index contributed by atoms with van der Waals surface area (Å²) < 4.78 is 12.7. The Labute approximate surface area is 77.8 Å². The van der Waals surface area contributed by atoms with E-state index in [1.807, 2.05) is 6.92 Å². The first-order chi connectivity index (χ1) is 6.24. The van der Waals surface area contributed by atoms with Crippen LogP contribution in [0.15, 0.2) is 18.2 Å². The second-order valence-electron chi connectivity index (χ2n) is 2.80. The zero-order valence-corrected chi connectivity index (χ0v) is 7.60. The molecule has 0 amide bonds. The lowest BCUT2D eigenvalue weighted by molar-refractivity contribution is 0.626. The van der Waals surface area contributed by atoms with Crippen molar-refractivity contribution in [1.29, 1.82) is 0 Å². The minimum Gasteiger partial charge on any atom is -0.330 e. The van der Waals surface area contributed by atoms with Gasteiger partial charge in [-0.05, 0) is 30.7 Å². The molecule has 2 heteroatoms. The molecule has 0 spiro atoms. The number of nitrogens with two attached hydrogens (primary N) is 1. The number of hydrogen-bond donors (Lipinski definition) is 1. The van der Waals surface area contributed by atoms with Gasteiger partial charge in [0.1, 0.15) is 5.82 Å². The van der Waals surface area contributed by atoms with Crippen LogP contribution in [0.25, 0.3) is 0 Å². The fourth-order valence-corrected chi connectivity index (χ4v) is 0.997. The minimum absolute atomic E-state index is 0.220. The van der Waals surface area contributed by atoms with Gasteiger partial charge in [-0.3, -0.25) is 0 Å². The van der Waals surface area contributed by atoms with Gasteiger partial charge in [-0.1, -0.05) is 11.8 Å². The average Bonchev–Trinajstić information content (AvgIpc) is 2.09. The summed E-state index contributed by atoms with van der Waals surface area (Å²) in [6, 6.07) is 4.58. The Morgan fingerprint density at radius 3 is 2.85 bits per heavy atom. The Morgan fingerprint density at radius 1 is 1.46 bits per heavy atom. The highest BCUT2D eigenvalue weighted by Crippen LogP contribution is 2.08. The van der Waals surface area contributed by atoms with Crippen molar-refractivity contribution in [2.45, 2.75) is 13.3 Å². The Kier molecular flexibility index (Phi) is 3.48. The quantitative estimate of drug-likeness (QED) is 0.651. The van der Waals surface area contributed by atoms with Gasteiger partial charge >= 0.3 is 0 Å². The maximum Gasteiger partial charge on any atom is 0.123 e. The van der Waals surface area contributed by atoms with E-state index in [1.165, 1.54) is 12.1 Å². The number of aryl methyl sites for hydroxylation is 1. The fourth-order valence-electron chi connectivity index (χ4n) is 0.997. The molecule has 1 aromatic carbocycles. The lowest BCUT2D eigenvalue weighted by Crippen LogP contribution is -1.95. The van der Waals surface area contributed by atoms with E-state index in [-0.39, 0.29) is 5.82 Å². The number of hydrogen-bond acceptors (Lipinski definition) is 1. The van der Waals surface area contributed by atoms with Gasteiger partial charge < -0.3 is 5.73 Å². The maximum atomic E-state index is 12.7. The molecular weight excluding hydrogens is 165 g/mol. The summed E-state index contributed by atoms with van der Waals surface area (Å²) in [5.74, 6) is 5.64. The lowest BCUT2D eigenvalue weighted by Gasteiger charge is -1.96. The van der Waals surface area contributed by atoms with Crippen LogP contribution in [0.1, 0.15) is 17.5 Å². The number of halogens is 1. The smallest absolute Gasteiger partial charge is 0.123 e. The molecule has 0 saturated heterocycles. The number of benzene rings is 1. The largest absolute Gasteiger partial charge is 0.330 e. The molecule has 68 valence electrons. The Balaban J connectivity index is 2.85. The van der Waals surface area contributed by atoms with Crippen LogP contribution in [0.2, 0.25) is 0 Å². The van der Waals surface area contributed by atoms with E-state index in [0.29, 0.717) is 13.0 Å². The lowest BCUT2D eigenvalue weighted by atomic mass is 10.1. The van der Waals surface area contributed by atoms with Crippen molar-refractivity contribution < 1.29 is 4.39 Å². The normalized spacial score (nSPS) is 9.15. The molecule has 0 atom stereocenters. The second-order valence-corrected chi connectivity index (χ2v) is 2.80. The van der Waals surface area contributed by atoms with Crippen molar-refractivity contribution in [3.63, 3.8) is 0 Å². The molecule has 0 bridgehead atoms. The molecular formula is C11H12FN. The zero-order valence-electron chi connectivity index (χ0n) is 7.60. The van der Waals surface area contributed by atoms with Crippen molar-refractivity contribution in [2.24, 2.45) is 5.73 Å². The SMILES string of the molecule is Cc1cc(F)ccc1C#CCCN. The van der Waals surface area contributed by atoms with E-state index >= 15 is 0 Å². The van der Waals surface area contributed by atoms with Gasteiger partial charge in [-0.2, -0.15) is 0 Å². The van der Waals surface area contributed by atoms with Gasteiger partial charge in [-0.25, -0.2) is 4.39 Å². The molecule has 0 aromatic heterocycles. The van der Waals surface area contributed by atoms with Crippen LogP contribution in [0.5, 0.6) is 0 Å². The van der Waals surface area contributed by atoms with Crippen molar-refractivity contribution >= 4 is 0 Å². The third-order valence-electron chi connectivity index (χ3n) is 1.68. The molecule has 0 fully saturated rings. The molecule has 2 N–H and O–H groups in total. The maximum absolute atomic E-state index is 12.7. The summed E-state index contributed by atoms with van der Waals surface area (Å²) in [4.78, 5) is 0. The van der Waals surface area contributed by atoms with Crippen molar-refractivity contribution in [1.82, 2.24) is 0 Å². The highest BCUT2D eigenvalue weighted by atomic mass is 19.1. The van der Waals surface area contributed by atoms with E-state index < -0.39 is 0 Å². The standard InChI is InChI=1S/C11H12FN/c1-9-8-11(12)6-5-10(9)4-2-3-7-13/h5-6,8H,3,7,13H2,1H3. The summed E-state index contributed by atoms with van der Waals surface area (Å²) >= 11 is 0. The molecule has 1 rings (SSSR count). The van der Waals surface area contributed by atoms with Crippen LogP contribution < -0.4 is 5.73 Å². The van der Waals surface area contributed by atoms with E-state index in [2.05, 4.69) is 11.8 Å². The average molecular weight is 177 g/mol. The predicted octanol–water partition coefficient (Wildman–Crippen LogP) is 1.83. The van der Waals surface area contributed by atoms with E-state index in [0.717, 1.165) is 11.1 Å². The predicted molar refractivity (Wildman–Crippen MR) is 51.7 cm³/mol. The van der Waals surface area contributed by atoms with Gasteiger partial charge in [0.2, 0.25) is 0 Å². The van der Waals surface area contributed by atoms with Crippen molar-refractivity contribution in [3.05, 3.63) is 35.1 Å².